The van der Waals surface area contributed by atoms with Gasteiger partial charge in [0.05, 0.1) is 0 Å². The van der Waals surface area contributed by atoms with Crippen LogP contribution in [0.3, 0.4) is 0 Å². The molecule has 1 nitrogen and oxygen atoms in total. The van der Waals surface area contributed by atoms with Gasteiger partial charge < -0.3 is 5.73 Å². The molecule has 1 aliphatic rings. The van der Waals surface area contributed by atoms with Gasteiger partial charge in [-0.1, -0.05) is 24.3 Å². The zero-order valence-electron chi connectivity index (χ0n) is 7.79. The summed E-state index contributed by atoms with van der Waals surface area (Å²) in [5.74, 6) is -0.371. The Hall–Kier alpha value is -0.960. The summed E-state index contributed by atoms with van der Waals surface area (Å²) in [6.07, 6.45) is -1.56. The highest BCUT2D eigenvalue weighted by Gasteiger charge is 2.44. The standard InChI is InChI=1S/C11H13F2N/c12-11(13)10-5-9(10)8-3-1-2-7(4-8)6-14/h1-4,9-11H,5-6,14H2. The lowest BCUT2D eigenvalue weighted by Crippen LogP contribution is -1.98. The second kappa shape index (κ2) is 3.65. The molecule has 1 aromatic carbocycles. The van der Waals surface area contributed by atoms with Crippen LogP contribution in [0.15, 0.2) is 24.3 Å². The van der Waals surface area contributed by atoms with Crippen molar-refractivity contribution in [2.24, 2.45) is 11.7 Å². The molecule has 1 aromatic rings. The zero-order valence-corrected chi connectivity index (χ0v) is 7.79. The molecule has 76 valence electrons. The fourth-order valence-electron chi connectivity index (χ4n) is 1.83. The smallest absolute Gasteiger partial charge is 0.242 e. The van der Waals surface area contributed by atoms with Gasteiger partial charge in [-0.3, -0.25) is 0 Å². The van der Waals surface area contributed by atoms with E-state index in [1.54, 1.807) is 0 Å². The van der Waals surface area contributed by atoms with Crippen LogP contribution in [-0.2, 0) is 6.54 Å². The summed E-state index contributed by atoms with van der Waals surface area (Å²) in [5, 5.41) is 0. The second-order valence-corrected chi connectivity index (χ2v) is 3.79. The average molecular weight is 197 g/mol. The summed E-state index contributed by atoms with van der Waals surface area (Å²) in [6.45, 7) is 0.472. The van der Waals surface area contributed by atoms with Crippen LogP contribution in [0.1, 0.15) is 23.5 Å². The monoisotopic (exact) mass is 197 g/mol. The van der Waals surface area contributed by atoms with Gasteiger partial charge >= 0.3 is 0 Å². The Morgan fingerprint density at radius 2 is 2.21 bits per heavy atom. The Balaban J connectivity index is 2.11. The molecule has 2 N–H and O–H groups in total. The van der Waals surface area contributed by atoms with Crippen molar-refractivity contribution < 1.29 is 8.78 Å². The summed E-state index contributed by atoms with van der Waals surface area (Å²) in [5.41, 5.74) is 7.51. The maximum absolute atomic E-state index is 12.3. The molecule has 0 heterocycles. The molecule has 1 fully saturated rings. The third kappa shape index (κ3) is 1.77. The predicted molar refractivity (Wildman–Crippen MR) is 51.2 cm³/mol. The van der Waals surface area contributed by atoms with Crippen LogP contribution in [-0.4, -0.2) is 6.43 Å². The first-order valence-corrected chi connectivity index (χ1v) is 4.79. The first-order chi connectivity index (χ1) is 6.72. The number of nitrogens with two attached hydrogens (primary N) is 1. The molecule has 1 saturated carbocycles. The Labute approximate surface area is 81.9 Å². The number of halogens is 2. The molecule has 0 amide bonds. The van der Waals surface area contributed by atoms with Crippen LogP contribution in [0.2, 0.25) is 0 Å². The van der Waals surface area contributed by atoms with Gasteiger partial charge in [0.15, 0.2) is 0 Å². The second-order valence-electron chi connectivity index (χ2n) is 3.79. The van der Waals surface area contributed by atoms with E-state index in [9.17, 15) is 8.78 Å². The molecule has 2 unspecified atom stereocenters. The van der Waals surface area contributed by atoms with E-state index in [4.69, 9.17) is 5.73 Å². The summed E-state index contributed by atoms with van der Waals surface area (Å²) < 4.78 is 24.6. The predicted octanol–water partition coefficient (Wildman–Crippen LogP) is 2.51. The fraction of sp³-hybridized carbons (Fsp3) is 0.455. The fourth-order valence-corrected chi connectivity index (χ4v) is 1.83. The van der Waals surface area contributed by atoms with Gasteiger partial charge in [0.2, 0.25) is 6.43 Å². The lowest BCUT2D eigenvalue weighted by Gasteiger charge is -2.02. The van der Waals surface area contributed by atoms with E-state index in [2.05, 4.69) is 0 Å². The van der Waals surface area contributed by atoms with E-state index in [1.807, 2.05) is 24.3 Å². The van der Waals surface area contributed by atoms with Crippen molar-refractivity contribution in [3.63, 3.8) is 0 Å². The summed E-state index contributed by atoms with van der Waals surface area (Å²) in [7, 11) is 0. The van der Waals surface area contributed by atoms with Crippen molar-refractivity contribution in [3.8, 4) is 0 Å². The number of alkyl halides is 2. The molecule has 0 aromatic heterocycles. The minimum atomic E-state index is -2.18. The number of hydrogen-bond donors (Lipinski definition) is 1. The van der Waals surface area contributed by atoms with Gasteiger partial charge in [0.25, 0.3) is 0 Å². The van der Waals surface area contributed by atoms with Gasteiger partial charge in [-0.2, -0.15) is 0 Å². The van der Waals surface area contributed by atoms with Crippen molar-refractivity contribution in [2.45, 2.75) is 25.3 Å². The van der Waals surface area contributed by atoms with E-state index in [-0.39, 0.29) is 5.92 Å². The molecule has 3 heteroatoms. The molecular formula is C11H13F2N. The van der Waals surface area contributed by atoms with E-state index in [0.29, 0.717) is 13.0 Å². The number of benzene rings is 1. The summed E-state index contributed by atoms with van der Waals surface area (Å²) in [6, 6.07) is 7.65. The maximum Gasteiger partial charge on any atom is 0.242 e. The molecule has 2 rings (SSSR count). The van der Waals surface area contributed by atoms with Crippen molar-refractivity contribution in [3.05, 3.63) is 35.4 Å². The number of hydrogen-bond acceptors (Lipinski definition) is 1. The van der Waals surface area contributed by atoms with Crippen molar-refractivity contribution >= 4 is 0 Å². The van der Waals surface area contributed by atoms with E-state index < -0.39 is 12.3 Å². The Kier molecular flexibility index (Phi) is 2.50. The first kappa shape index (κ1) is 9.59. The highest BCUT2D eigenvalue weighted by molar-refractivity contribution is 5.30. The van der Waals surface area contributed by atoms with Crippen LogP contribution in [0.25, 0.3) is 0 Å². The summed E-state index contributed by atoms with van der Waals surface area (Å²) >= 11 is 0. The maximum atomic E-state index is 12.3. The first-order valence-electron chi connectivity index (χ1n) is 4.79. The van der Waals surface area contributed by atoms with Crippen molar-refractivity contribution in [1.29, 1.82) is 0 Å². The van der Waals surface area contributed by atoms with Crippen LogP contribution < -0.4 is 5.73 Å². The van der Waals surface area contributed by atoms with Crippen molar-refractivity contribution in [1.82, 2.24) is 0 Å². The highest BCUT2D eigenvalue weighted by atomic mass is 19.3. The van der Waals surface area contributed by atoms with Crippen LogP contribution in [0.5, 0.6) is 0 Å². The van der Waals surface area contributed by atoms with Crippen LogP contribution in [0.4, 0.5) is 8.78 Å². The quantitative estimate of drug-likeness (QED) is 0.791. The average Bonchev–Trinajstić information content (AvgIpc) is 2.97. The lowest BCUT2D eigenvalue weighted by atomic mass is 10.1. The Morgan fingerprint density at radius 1 is 1.43 bits per heavy atom. The van der Waals surface area contributed by atoms with E-state index in [1.165, 1.54) is 0 Å². The minimum absolute atomic E-state index is 0.0569. The Morgan fingerprint density at radius 3 is 2.79 bits per heavy atom. The van der Waals surface area contributed by atoms with Crippen molar-refractivity contribution in [2.75, 3.05) is 0 Å². The molecule has 0 spiro atoms. The molecule has 0 aliphatic heterocycles. The SMILES string of the molecule is NCc1cccc(C2CC2C(F)F)c1. The third-order valence-corrected chi connectivity index (χ3v) is 2.78. The van der Waals surface area contributed by atoms with E-state index in [0.717, 1.165) is 11.1 Å². The topological polar surface area (TPSA) is 26.0 Å². The molecule has 0 bridgehead atoms. The minimum Gasteiger partial charge on any atom is -0.326 e. The summed E-state index contributed by atoms with van der Waals surface area (Å²) in [4.78, 5) is 0. The zero-order chi connectivity index (χ0) is 10.1. The molecule has 2 atom stereocenters. The van der Waals surface area contributed by atoms with Gasteiger partial charge in [-0.15, -0.1) is 0 Å². The molecule has 0 saturated heterocycles. The highest BCUT2D eigenvalue weighted by Crippen LogP contribution is 2.50. The van der Waals surface area contributed by atoms with E-state index >= 15 is 0 Å². The molecular weight excluding hydrogens is 184 g/mol. The third-order valence-electron chi connectivity index (χ3n) is 2.78. The van der Waals surface area contributed by atoms with Crippen LogP contribution >= 0.6 is 0 Å². The van der Waals surface area contributed by atoms with Gasteiger partial charge in [-0.25, -0.2) is 8.78 Å². The molecule has 0 radical (unpaired) electrons. The largest absolute Gasteiger partial charge is 0.326 e. The normalized spacial score (nSPS) is 25.4. The number of rotatable bonds is 3. The lowest BCUT2D eigenvalue weighted by molar-refractivity contribution is 0.120. The van der Waals surface area contributed by atoms with Gasteiger partial charge in [0.1, 0.15) is 0 Å². The Bertz CT molecular complexity index is 325. The van der Waals surface area contributed by atoms with Crippen LogP contribution in [0, 0.1) is 5.92 Å². The molecule has 1 aliphatic carbocycles. The molecule has 14 heavy (non-hydrogen) atoms. The van der Waals surface area contributed by atoms with Gasteiger partial charge in [-0.05, 0) is 23.5 Å². The van der Waals surface area contributed by atoms with Gasteiger partial charge in [0, 0.05) is 12.5 Å².